The van der Waals surface area contributed by atoms with Crippen molar-refractivity contribution in [2.75, 3.05) is 13.7 Å². The smallest absolute Gasteiger partial charge is 0.124 e. The molecule has 1 saturated carbocycles. The average Bonchev–Trinajstić information content (AvgIpc) is 2.53. The predicted molar refractivity (Wildman–Crippen MR) is 75.2 cm³/mol. The van der Waals surface area contributed by atoms with Gasteiger partial charge in [-0.05, 0) is 43.9 Å². The molecule has 114 valence electrons. The molecule has 1 aliphatic rings. The lowest BCUT2D eigenvalue weighted by Crippen LogP contribution is -2.24. The molecule has 2 rings (SSSR count). The van der Waals surface area contributed by atoms with Crippen molar-refractivity contribution in [2.45, 2.75) is 37.9 Å². The van der Waals surface area contributed by atoms with Gasteiger partial charge in [0.15, 0.2) is 0 Å². The summed E-state index contributed by atoms with van der Waals surface area (Å²) in [5.41, 5.74) is 0.516. The zero-order valence-corrected chi connectivity index (χ0v) is 12.1. The van der Waals surface area contributed by atoms with E-state index in [4.69, 9.17) is 14.7 Å². The van der Waals surface area contributed by atoms with E-state index in [0.717, 1.165) is 25.7 Å². The van der Waals surface area contributed by atoms with Crippen LogP contribution in [0.5, 0.6) is 5.75 Å². The topological polar surface area (TPSA) is 62.5 Å². The molecule has 0 unspecified atom stereocenters. The number of ether oxygens (including phenoxy) is 2. The molecule has 0 bridgehead atoms. The van der Waals surface area contributed by atoms with Gasteiger partial charge in [0.05, 0.1) is 25.9 Å². The van der Waals surface area contributed by atoms with Crippen LogP contribution in [0.2, 0.25) is 0 Å². The summed E-state index contributed by atoms with van der Waals surface area (Å²) < 4.78 is 24.5. The third kappa shape index (κ3) is 3.93. The largest absolute Gasteiger partial charge is 0.496 e. The highest BCUT2D eigenvalue weighted by molar-refractivity contribution is 5.36. The van der Waals surface area contributed by atoms with Crippen molar-refractivity contribution in [3.8, 4) is 11.8 Å². The van der Waals surface area contributed by atoms with Crippen LogP contribution in [0.25, 0.3) is 0 Å². The van der Waals surface area contributed by atoms with Crippen molar-refractivity contribution in [3.05, 3.63) is 29.6 Å². The third-order valence-corrected chi connectivity index (χ3v) is 3.92. The molecule has 1 aromatic rings. The highest BCUT2D eigenvalue weighted by atomic mass is 19.1. The second kappa shape index (κ2) is 7.39. The summed E-state index contributed by atoms with van der Waals surface area (Å²) in [5, 5.41) is 18.5. The van der Waals surface area contributed by atoms with Crippen molar-refractivity contribution in [1.82, 2.24) is 0 Å². The van der Waals surface area contributed by atoms with Crippen molar-refractivity contribution < 1.29 is 19.0 Å². The van der Waals surface area contributed by atoms with Crippen LogP contribution in [0.15, 0.2) is 18.2 Å². The Balaban J connectivity index is 2.07. The van der Waals surface area contributed by atoms with Crippen LogP contribution in [-0.2, 0) is 4.74 Å². The minimum Gasteiger partial charge on any atom is -0.496 e. The summed E-state index contributed by atoms with van der Waals surface area (Å²) in [4.78, 5) is 0. The summed E-state index contributed by atoms with van der Waals surface area (Å²) in [6.45, 7) is -0.238. The summed E-state index contributed by atoms with van der Waals surface area (Å²) in [6, 6.07) is 6.45. The summed E-state index contributed by atoms with van der Waals surface area (Å²) in [7, 11) is 1.50. The van der Waals surface area contributed by atoms with Gasteiger partial charge in [-0.25, -0.2) is 4.39 Å². The van der Waals surface area contributed by atoms with Gasteiger partial charge in [-0.1, -0.05) is 0 Å². The van der Waals surface area contributed by atoms with E-state index < -0.39 is 6.10 Å². The Morgan fingerprint density at radius 2 is 2.10 bits per heavy atom. The molecule has 0 aromatic heterocycles. The Kier molecular flexibility index (Phi) is 5.54. The number of nitrogens with zero attached hydrogens (tertiary/aromatic N) is 1. The monoisotopic (exact) mass is 293 g/mol. The highest BCUT2D eigenvalue weighted by Gasteiger charge is 2.26. The van der Waals surface area contributed by atoms with Crippen molar-refractivity contribution in [2.24, 2.45) is 5.92 Å². The Bertz CT molecular complexity index is 507. The molecule has 0 heterocycles. The molecular weight excluding hydrogens is 273 g/mol. The van der Waals surface area contributed by atoms with Gasteiger partial charge >= 0.3 is 0 Å². The molecule has 21 heavy (non-hydrogen) atoms. The SMILES string of the molecule is COc1ccc(F)cc1[C@H](CO)O[C@H]1CC[C@@H](C#N)CC1. The van der Waals surface area contributed by atoms with E-state index in [1.165, 1.54) is 25.3 Å². The minimum atomic E-state index is -0.612. The predicted octanol–water partition coefficient (Wildman–Crippen LogP) is 2.97. The van der Waals surface area contributed by atoms with Gasteiger partial charge in [0.25, 0.3) is 0 Å². The van der Waals surface area contributed by atoms with Crippen molar-refractivity contribution in [3.63, 3.8) is 0 Å². The standard InChI is InChI=1S/C16H20FNO3/c1-20-15-7-4-12(17)8-14(15)16(10-19)21-13-5-2-11(9-18)3-6-13/h4,7-8,11,13,16,19H,2-3,5-6,10H2,1H3/t11-,13+,16-/m0/s1. The first-order chi connectivity index (χ1) is 10.2. The number of aliphatic hydroxyl groups is 1. The first-order valence-electron chi connectivity index (χ1n) is 7.17. The number of aliphatic hydroxyl groups excluding tert-OH is 1. The molecule has 1 fully saturated rings. The normalized spacial score (nSPS) is 23.3. The van der Waals surface area contributed by atoms with E-state index in [1.807, 2.05) is 0 Å². The van der Waals surface area contributed by atoms with Gasteiger partial charge in [-0.3, -0.25) is 0 Å². The molecule has 1 atom stereocenters. The highest BCUT2D eigenvalue weighted by Crippen LogP contribution is 2.33. The molecule has 0 spiro atoms. The molecule has 0 aliphatic heterocycles. The van der Waals surface area contributed by atoms with E-state index in [1.54, 1.807) is 0 Å². The van der Waals surface area contributed by atoms with Crippen LogP contribution in [-0.4, -0.2) is 24.9 Å². The van der Waals surface area contributed by atoms with Crippen LogP contribution in [0, 0.1) is 23.1 Å². The fourth-order valence-electron chi connectivity index (χ4n) is 2.73. The summed E-state index contributed by atoms with van der Waals surface area (Å²) in [6.07, 6.45) is 2.55. The van der Waals surface area contributed by atoms with Gasteiger partial charge < -0.3 is 14.6 Å². The number of benzene rings is 1. The van der Waals surface area contributed by atoms with Gasteiger partial charge in [-0.15, -0.1) is 0 Å². The zero-order valence-electron chi connectivity index (χ0n) is 12.1. The van der Waals surface area contributed by atoms with E-state index in [0.29, 0.717) is 11.3 Å². The lowest BCUT2D eigenvalue weighted by atomic mass is 9.88. The van der Waals surface area contributed by atoms with E-state index in [9.17, 15) is 9.50 Å². The lowest BCUT2D eigenvalue weighted by molar-refractivity contribution is -0.0588. The average molecular weight is 293 g/mol. The van der Waals surface area contributed by atoms with E-state index in [2.05, 4.69) is 6.07 Å². The molecular formula is C16H20FNO3. The van der Waals surface area contributed by atoms with Crippen molar-refractivity contribution >= 4 is 0 Å². The van der Waals surface area contributed by atoms with E-state index in [-0.39, 0.29) is 24.4 Å². The molecule has 1 N–H and O–H groups in total. The summed E-state index contributed by atoms with van der Waals surface area (Å²) in [5.74, 6) is 0.211. The number of hydrogen-bond acceptors (Lipinski definition) is 4. The number of nitriles is 1. The first-order valence-corrected chi connectivity index (χ1v) is 7.17. The van der Waals surface area contributed by atoms with Crippen LogP contribution < -0.4 is 4.74 Å². The number of rotatable bonds is 5. The lowest BCUT2D eigenvalue weighted by Gasteiger charge is -2.29. The van der Waals surface area contributed by atoms with Gasteiger partial charge in [0.2, 0.25) is 0 Å². The molecule has 0 radical (unpaired) electrons. The fraction of sp³-hybridized carbons (Fsp3) is 0.562. The number of methoxy groups -OCH3 is 1. The maximum Gasteiger partial charge on any atom is 0.124 e. The number of halogens is 1. The van der Waals surface area contributed by atoms with Crippen LogP contribution in [0.1, 0.15) is 37.4 Å². The number of hydrogen-bond donors (Lipinski definition) is 1. The Morgan fingerprint density at radius 3 is 2.67 bits per heavy atom. The van der Waals surface area contributed by atoms with Gasteiger partial charge in [0.1, 0.15) is 17.7 Å². The molecule has 5 heteroatoms. The second-order valence-electron chi connectivity index (χ2n) is 5.30. The molecule has 1 aromatic carbocycles. The molecule has 4 nitrogen and oxygen atoms in total. The maximum atomic E-state index is 13.4. The molecule has 0 saturated heterocycles. The Morgan fingerprint density at radius 1 is 1.38 bits per heavy atom. The maximum absolute atomic E-state index is 13.4. The van der Waals surface area contributed by atoms with Crippen molar-refractivity contribution in [1.29, 1.82) is 5.26 Å². The second-order valence-corrected chi connectivity index (χ2v) is 5.30. The van der Waals surface area contributed by atoms with Crippen LogP contribution in [0.4, 0.5) is 4.39 Å². The van der Waals surface area contributed by atoms with E-state index >= 15 is 0 Å². The fourth-order valence-corrected chi connectivity index (χ4v) is 2.73. The van der Waals surface area contributed by atoms with Gasteiger partial charge in [0, 0.05) is 11.5 Å². The Hall–Kier alpha value is -1.64. The Labute approximate surface area is 124 Å². The molecule has 0 amide bonds. The van der Waals surface area contributed by atoms with Gasteiger partial charge in [-0.2, -0.15) is 5.26 Å². The third-order valence-electron chi connectivity index (χ3n) is 3.92. The quantitative estimate of drug-likeness (QED) is 0.906. The van der Waals surface area contributed by atoms with Crippen LogP contribution in [0.3, 0.4) is 0 Å². The zero-order chi connectivity index (χ0) is 15.2. The summed E-state index contributed by atoms with van der Waals surface area (Å²) >= 11 is 0. The molecule has 1 aliphatic carbocycles. The minimum absolute atomic E-state index is 0.0141. The van der Waals surface area contributed by atoms with Crippen LogP contribution >= 0.6 is 0 Å². The first kappa shape index (κ1) is 15.7.